The van der Waals surface area contributed by atoms with Gasteiger partial charge >= 0.3 is 0 Å². The van der Waals surface area contributed by atoms with E-state index >= 15 is 0 Å². The molecule has 4 nitrogen and oxygen atoms in total. The first kappa shape index (κ1) is 11.7. The third-order valence-corrected chi connectivity index (χ3v) is 2.47. The van der Waals surface area contributed by atoms with Crippen molar-refractivity contribution >= 4 is 23.6 Å². The van der Waals surface area contributed by atoms with Gasteiger partial charge in [0.25, 0.3) is 5.69 Å². The highest BCUT2D eigenvalue weighted by Crippen LogP contribution is 2.25. The van der Waals surface area contributed by atoms with Crippen LogP contribution in [0.4, 0.5) is 5.69 Å². The fraction of sp³-hybridized carbons (Fsp3) is 0.300. The van der Waals surface area contributed by atoms with E-state index in [4.69, 9.17) is 11.6 Å². The molecule has 0 fully saturated rings. The maximum absolute atomic E-state index is 10.7. The zero-order chi connectivity index (χ0) is 11.4. The number of nitro groups is 1. The second-order valence-corrected chi connectivity index (χ2v) is 3.47. The molecule has 0 aliphatic heterocycles. The van der Waals surface area contributed by atoms with Crippen LogP contribution in [0.25, 0.3) is 0 Å². The number of benzene rings is 1. The molecule has 1 aromatic carbocycles. The third-order valence-electron chi connectivity index (χ3n) is 2.18. The van der Waals surface area contributed by atoms with Gasteiger partial charge in [-0.25, -0.2) is 0 Å². The number of alkyl halides is 1. The van der Waals surface area contributed by atoms with Crippen molar-refractivity contribution < 1.29 is 9.72 Å². The Kier molecular flexibility index (Phi) is 3.80. The van der Waals surface area contributed by atoms with E-state index in [1.807, 2.05) is 0 Å². The minimum absolute atomic E-state index is 0.0313. The summed E-state index contributed by atoms with van der Waals surface area (Å²) in [5.41, 5.74) is 1.06. The Labute approximate surface area is 92.0 Å². The van der Waals surface area contributed by atoms with Crippen molar-refractivity contribution in [2.24, 2.45) is 0 Å². The Bertz CT molecular complexity index is 392. The molecular weight excluding hydrogens is 218 g/mol. The standard InChI is InChI=1S/C10H10ClNO3/c1-7(6-13)8-2-3-9(5-11)10(4-8)12(14)15/h2-4,6-7H,5H2,1H3. The van der Waals surface area contributed by atoms with Crippen LogP contribution in [-0.2, 0) is 10.7 Å². The van der Waals surface area contributed by atoms with Gasteiger partial charge in [-0.3, -0.25) is 10.1 Å². The summed E-state index contributed by atoms with van der Waals surface area (Å²) in [7, 11) is 0. The average molecular weight is 228 g/mol. The van der Waals surface area contributed by atoms with Gasteiger partial charge in [-0.05, 0) is 5.56 Å². The van der Waals surface area contributed by atoms with E-state index in [2.05, 4.69) is 0 Å². The molecular formula is C10H10ClNO3. The maximum atomic E-state index is 10.7. The molecule has 0 radical (unpaired) electrons. The van der Waals surface area contributed by atoms with Crippen molar-refractivity contribution in [3.63, 3.8) is 0 Å². The monoisotopic (exact) mass is 227 g/mol. The molecule has 1 aromatic rings. The van der Waals surface area contributed by atoms with E-state index in [9.17, 15) is 14.9 Å². The number of nitro benzene ring substituents is 1. The van der Waals surface area contributed by atoms with Gasteiger partial charge in [0, 0.05) is 17.5 Å². The molecule has 0 amide bonds. The van der Waals surface area contributed by atoms with Crippen LogP contribution in [0.2, 0.25) is 0 Å². The second kappa shape index (κ2) is 4.89. The lowest BCUT2D eigenvalue weighted by atomic mass is 10.0. The topological polar surface area (TPSA) is 60.2 Å². The molecule has 1 atom stereocenters. The summed E-state index contributed by atoms with van der Waals surface area (Å²) >= 11 is 5.57. The molecule has 1 rings (SSSR count). The Morgan fingerprint density at radius 1 is 1.60 bits per heavy atom. The molecule has 0 heterocycles. The predicted molar refractivity (Wildman–Crippen MR) is 57.1 cm³/mol. The quantitative estimate of drug-likeness (QED) is 0.344. The number of rotatable bonds is 4. The molecule has 0 aliphatic carbocycles. The summed E-state index contributed by atoms with van der Waals surface area (Å²) in [4.78, 5) is 20.8. The van der Waals surface area contributed by atoms with Crippen molar-refractivity contribution in [3.05, 3.63) is 39.4 Å². The van der Waals surface area contributed by atoms with Crippen molar-refractivity contribution in [3.8, 4) is 0 Å². The number of hydrogen-bond acceptors (Lipinski definition) is 3. The first-order valence-corrected chi connectivity index (χ1v) is 4.92. The molecule has 0 bridgehead atoms. The lowest BCUT2D eigenvalue weighted by Gasteiger charge is -2.05. The summed E-state index contributed by atoms with van der Waals surface area (Å²) in [5, 5.41) is 10.7. The van der Waals surface area contributed by atoms with E-state index in [0.717, 1.165) is 6.29 Å². The molecule has 0 spiro atoms. The van der Waals surface area contributed by atoms with Crippen molar-refractivity contribution in [1.29, 1.82) is 0 Å². The molecule has 0 aromatic heterocycles. The Hall–Kier alpha value is -1.42. The van der Waals surface area contributed by atoms with Gasteiger partial charge in [0.05, 0.1) is 10.8 Å². The second-order valence-electron chi connectivity index (χ2n) is 3.20. The Balaban J connectivity index is 3.21. The van der Waals surface area contributed by atoms with E-state index in [1.54, 1.807) is 19.1 Å². The smallest absolute Gasteiger partial charge is 0.274 e. The van der Waals surface area contributed by atoms with Gasteiger partial charge in [0.1, 0.15) is 6.29 Å². The first-order valence-electron chi connectivity index (χ1n) is 4.38. The number of halogens is 1. The molecule has 15 heavy (non-hydrogen) atoms. The fourth-order valence-electron chi connectivity index (χ4n) is 1.23. The van der Waals surface area contributed by atoms with Gasteiger partial charge in [-0.15, -0.1) is 11.6 Å². The molecule has 80 valence electrons. The molecule has 1 unspecified atom stereocenters. The van der Waals surface area contributed by atoms with E-state index in [0.29, 0.717) is 11.1 Å². The summed E-state index contributed by atoms with van der Waals surface area (Å²) < 4.78 is 0. The normalized spacial score (nSPS) is 12.1. The van der Waals surface area contributed by atoms with Crippen LogP contribution in [0.15, 0.2) is 18.2 Å². The van der Waals surface area contributed by atoms with Crippen LogP contribution in [0.5, 0.6) is 0 Å². The van der Waals surface area contributed by atoms with E-state index in [-0.39, 0.29) is 17.5 Å². The van der Waals surface area contributed by atoms with Crippen molar-refractivity contribution in [1.82, 2.24) is 0 Å². The predicted octanol–water partition coefficient (Wildman–Crippen LogP) is 2.64. The van der Waals surface area contributed by atoms with Gasteiger partial charge in [-0.1, -0.05) is 19.1 Å². The molecule has 0 saturated heterocycles. The number of nitrogens with zero attached hydrogens (tertiary/aromatic N) is 1. The maximum Gasteiger partial charge on any atom is 0.274 e. The molecule has 0 N–H and O–H groups in total. The minimum Gasteiger partial charge on any atom is -0.303 e. The van der Waals surface area contributed by atoms with E-state index < -0.39 is 4.92 Å². The van der Waals surface area contributed by atoms with Crippen molar-refractivity contribution in [2.75, 3.05) is 0 Å². The highest BCUT2D eigenvalue weighted by molar-refractivity contribution is 6.17. The van der Waals surface area contributed by atoms with Crippen molar-refractivity contribution in [2.45, 2.75) is 18.7 Å². The summed E-state index contributed by atoms with van der Waals surface area (Å²) in [6.07, 6.45) is 0.749. The number of carbonyl (C=O) groups excluding carboxylic acids is 1. The largest absolute Gasteiger partial charge is 0.303 e. The molecule has 0 saturated carbocycles. The first-order chi connectivity index (χ1) is 7.10. The Morgan fingerprint density at radius 2 is 2.27 bits per heavy atom. The van der Waals surface area contributed by atoms with Gasteiger partial charge < -0.3 is 4.79 Å². The fourth-order valence-corrected chi connectivity index (χ4v) is 1.45. The average Bonchev–Trinajstić information content (AvgIpc) is 2.27. The van der Waals surface area contributed by atoms with Crippen LogP contribution in [-0.4, -0.2) is 11.2 Å². The molecule has 0 aliphatic rings. The SMILES string of the molecule is CC(C=O)c1ccc(CCl)c([N+](=O)[O-])c1. The number of aldehydes is 1. The summed E-state index contributed by atoms with van der Waals surface area (Å²) in [6.45, 7) is 1.69. The van der Waals surface area contributed by atoms with Crippen LogP contribution in [0.1, 0.15) is 24.0 Å². The lowest BCUT2D eigenvalue weighted by Crippen LogP contribution is -1.99. The summed E-state index contributed by atoms with van der Waals surface area (Å²) in [5.74, 6) is -0.250. The van der Waals surface area contributed by atoms with E-state index in [1.165, 1.54) is 6.07 Å². The zero-order valence-corrected chi connectivity index (χ0v) is 8.90. The van der Waals surface area contributed by atoms with Crippen LogP contribution >= 0.6 is 11.6 Å². The Morgan fingerprint density at radius 3 is 2.73 bits per heavy atom. The van der Waals surface area contributed by atoms with Gasteiger partial charge in [0.15, 0.2) is 0 Å². The van der Waals surface area contributed by atoms with Crippen LogP contribution in [0.3, 0.4) is 0 Å². The lowest BCUT2D eigenvalue weighted by molar-refractivity contribution is -0.385. The minimum atomic E-state index is -0.487. The zero-order valence-electron chi connectivity index (χ0n) is 8.14. The highest BCUT2D eigenvalue weighted by atomic mass is 35.5. The molecule has 5 heteroatoms. The number of hydrogen-bond donors (Lipinski definition) is 0. The number of carbonyl (C=O) groups is 1. The van der Waals surface area contributed by atoms with Crippen LogP contribution < -0.4 is 0 Å². The van der Waals surface area contributed by atoms with Crippen LogP contribution in [0, 0.1) is 10.1 Å². The van der Waals surface area contributed by atoms with Gasteiger partial charge in [0.2, 0.25) is 0 Å². The van der Waals surface area contributed by atoms with Gasteiger partial charge in [-0.2, -0.15) is 0 Å². The summed E-state index contributed by atoms with van der Waals surface area (Å²) in [6, 6.07) is 4.67. The highest BCUT2D eigenvalue weighted by Gasteiger charge is 2.15. The third kappa shape index (κ3) is 2.53.